The summed E-state index contributed by atoms with van der Waals surface area (Å²) in [6.45, 7) is 1.66. The summed E-state index contributed by atoms with van der Waals surface area (Å²) in [7, 11) is 0. The van der Waals surface area contributed by atoms with E-state index in [9.17, 15) is 9.59 Å². The van der Waals surface area contributed by atoms with Crippen LogP contribution in [0.2, 0.25) is 0 Å². The lowest BCUT2D eigenvalue weighted by molar-refractivity contribution is -0.141. The van der Waals surface area contributed by atoms with Crippen molar-refractivity contribution in [3.8, 4) is 0 Å². The van der Waals surface area contributed by atoms with Crippen LogP contribution >= 0.6 is 0 Å². The predicted octanol–water partition coefficient (Wildman–Crippen LogP) is 0.199. The van der Waals surface area contributed by atoms with E-state index in [4.69, 9.17) is 15.9 Å². The quantitative estimate of drug-likeness (QED) is 0.657. The summed E-state index contributed by atoms with van der Waals surface area (Å²) >= 11 is 0. The van der Waals surface area contributed by atoms with Gasteiger partial charge in [0.2, 0.25) is 0 Å². The lowest BCUT2D eigenvalue weighted by Crippen LogP contribution is -2.19. The van der Waals surface area contributed by atoms with Crippen molar-refractivity contribution in [1.29, 1.82) is 0 Å². The van der Waals surface area contributed by atoms with Gasteiger partial charge in [-0.05, 0) is 6.42 Å². The molecule has 0 saturated heterocycles. The largest absolute Gasteiger partial charge is 0.480 e. The maximum atomic E-state index is 10.8. The minimum atomic E-state index is -1.27. The van der Waals surface area contributed by atoms with E-state index in [1.165, 1.54) is 6.20 Å². The molecule has 0 aliphatic heterocycles. The van der Waals surface area contributed by atoms with Gasteiger partial charge in [0.1, 0.15) is 6.04 Å². The van der Waals surface area contributed by atoms with Crippen molar-refractivity contribution in [2.24, 2.45) is 0 Å². The number of aliphatic carboxylic acids is 1. The minimum Gasteiger partial charge on any atom is -0.480 e. The number of carbonyl (C=O) groups is 2. The van der Waals surface area contributed by atoms with Crippen LogP contribution in [0.3, 0.4) is 0 Å². The Morgan fingerprint density at radius 1 is 1.60 bits per heavy atom. The number of hydrogen-bond acceptors (Lipinski definition) is 4. The maximum Gasteiger partial charge on any atom is 0.358 e. The van der Waals surface area contributed by atoms with Crippen molar-refractivity contribution in [3.63, 3.8) is 0 Å². The van der Waals surface area contributed by atoms with Crippen LogP contribution < -0.4 is 5.73 Å². The Balaban J connectivity index is 3.10. The van der Waals surface area contributed by atoms with Crippen LogP contribution in [0.25, 0.3) is 0 Å². The first-order valence-electron chi connectivity index (χ1n) is 4.28. The molecule has 82 valence electrons. The first kappa shape index (κ1) is 11.0. The summed E-state index contributed by atoms with van der Waals surface area (Å²) in [5.74, 6) is -2.34. The highest BCUT2D eigenvalue weighted by atomic mass is 16.4. The smallest absolute Gasteiger partial charge is 0.358 e. The van der Waals surface area contributed by atoms with Crippen molar-refractivity contribution in [3.05, 3.63) is 11.9 Å². The average molecular weight is 213 g/mol. The number of carboxylic acids is 2. The number of aromatic carboxylic acids is 1. The second-order valence-corrected chi connectivity index (χ2v) is 2.98. The van der Waals surface area contributed by atoms with Gasteiger partial charge in [0.05, 0.1) is 5.69 Å². The van der Waals surface area contributed by atoms with Crippen molar-refractivity contribution in [1.82, 2.24) is 9.78 Å². The van der Waals surface area contributed by atoms with E-state index in [2.05, 4.69) is 5.10 Å². The molecule has 15 heavy (non-hydrogen) atoms. The lowest BCUT2D eigenvalue weighted by atomic mass is 10.2. The van der Waals surface area contributed by atoms with Crippen LogP contribution in [0.15, 0.2) is 6.20 Å². The maximum absolute atomic E-state index is 10.8. The summed E-state index contributed by atoms with van der Waals surface area (Å²) < 4.78 is 1.06. The summed E-state index contributed by atoms with van der Waals surface area (Å²) in [5.41, 5.74) is 5.01. The third-order valence-electron chi connectivity index (χ3n) is 1.95. The molecular weight excluding hydrogens is 202 g/mol. The minimum absolute atomic E-state index is 0.0396. The number of anilines is 1. The monoisotopic (exact) mass is 213 g/mol. The van der Waals surface area contributed by atoms with Crippen LogP contribution in [-0.2, 0) is 4.79 Å². The Morgan fingerprint density at radius 2 is 2.20 bits per heavy atom. The SMILES string of the molecule is CCC(C(=O)O)n1cc(N)c(C(=O)O)n1. The first-order valence-corrected chi connectivity index (χ1v) is 4.28. The molecule has 7 nitrogen and oxygen atoms in total. The van der Waals surface area contributed by atoms with Gasteiger partial charge in [0, 0.05) is 6.20 Å². The molecule has 0 aliphatic carbocycles. The lowest BCUT2D eigenvalue weighted by Gasteiger charge is -2.08. The molecule has 0 saturated carbocycles. The number of nitrogens with two attached hydrogens (primary N) is 1. The fraction of sp³-hybridized carbons (Fsp3) is 0.375. The highest BCUT2D eigenvalue weighted by Crippen LogP contribution is 2.16. The summed E-state index contributed by atoms with van der Waals surface area (Å²) in [6.07, 6.45) is 1.52. The molecule has 0 aromatic carbocycles. The number of rotatable bonds is 4. The number of nitrogens with zero attached hydrogens (tertiary/aromatic N) is 2. The fourth-order valence-electron chi connectivity index (χ4n) is 1.21. The van der Waals surface area contributed by atoms with E-state index in [1.807, 2.05) is 0 Å². The molecule has 1 aromatic rings. The number of carboxylic acid groups (broad SMARTS) is 2. The van der Waals surface area contributed by atoms with Crippen LogP contribution in [-0.4, -0.2) is 31.9 Å². The first-order chi connectivity index (χ1) is 6.97. The van der Waals surface area contributed by atoms with Gasteiger partial charge in [0.15, 0.2) is 5.69 Å². The number of nitrogen functional groups attached to an aromatic ring is 1. The third-order valence-corrected chi connectivity index (χ3v) is 1.95. The summed E-state index contributed by atoms with van der Waals surface area (Å²) in [6, 6.07) is -0.889. The molecule has 4 N–H and O–H groups in total. The zero-order valence-corrected chi connectivity index (χ0v) is 8.04. The standard InChI is InChI=1S/C8H11N3O4/c1-2-5(7(12)13)11-3-4(9)6(10-11)8(14)15/h3,5H,2,9H2,1H3,(H,12,13)(H,14,15). The van der Waals surface area contributed by atoms with Crippen LogP contribution in [0.1, 0.15) is 29.9 Å². The highest BCUT2D eigenvalue weighted by Gasteiger charge is 2.22. The number of aromatic nitrogens is 2. The van der Waals surface area contributed by atoms with E-state index < -0.39 is 18.0 Å². The fourth-order valence-corrected chi connectivity index (χ4v) is 1.21. The van der Waals surface area contributed by atoms with Gasteiger partial charge in [-0.3, -0.25) is 4.68 Å². The Bertz CT molecular complexity index is 399. The van der Waals surface area contributed by atoms with Crippen molar-refractivity contribution >= 4 is 17.6 Å². The van der Waals surface area contributed by atoms with E-state index in [1.54, 1.807) is 6.92 Å². The van der Waals surface area contributed by atoms with Crippen LogP contribution in [0.5, 0.6) is 0 Å². The van der Waals surface area contributed by atoms with Crippen LogP contribution in [0.4, 0.5) is 5.69 Å². The molecule has 0 radical (unpaired) electrons. The van der Waals surface area contributed by atoms with E-state index in [-0.39, 0.29) is 11.4 Å². The molecule has 0 amide bonds. The molecule has 1 atom stereocenters. The Morgan fingerprint density at radius 3 is 2.53 bits per heavy atom. The zero-order chi connectivity index (χ0) is 11.6. The van der Waals surface area contributed by atoms with Gasteiger partial charge < -0.3 is 15.9 Å². The predicted molar refractivity (Wildman–Crippen MR) is 50.6 cm³/mol. The topological polar surface area (TPSA) is 118 Å². The zero-order valence-electron chi connectivity index (χ0n) is 8.04. The summed E-state index contributed by atoms with van der Waals surface area (Å²) in [5, 5.41) is 21.1. The molecule has 0 aliphatic rings. The normalized spacial score (nSPS) is 12.3. The van der Waals surface area contributed by atoms with Gasteiger partial charge in [-0.25, -0.2) is 9.59 Å². The van der Waals surface area contributed by atoms with Gasteiger partial charge in [-0.1, -0.05) is 6.92 Å². The number of hydrogen-bond donors (Lipinski definition) is 3. The van der Waals surface area contributed by atoms with Gasteiger partial charge in [-0.2, -0.15) is 5.10 Å². The molecule has 1 heterocycles. The second-order valence-electron chi connectivity index (χ2n) is 2.98. The van der Waals surface area contributed by atoms with E-state index >= 15 is 0 Å². The Labute approximate surface area is 85.1 Å². The molecule has 1 aromatic heterocycles. The molecule has 0 bridgehead atoms. The van der Waals surface area contributed by atoms with Crippen LogP contribution in [0, 0.1) is 0 Å². The highest BCUT2D eigenvalue weighted by molar-refractivity contribution is 5.91. The average Bonchev–Trinajstić information content (AvgIpc) is 2.48. The molecule has 1 rings (SSSR count). The molecular formula is C8H11N3O4. The molecule has 1 unspecified atom stereocenters. The third kappa shape index (κ3) is 2.06. The van der Waals surface area contributed by atoms with Crippen molar-refractivity contribution in [2.75, 3.05) is 5.73 Å². The molecule has 0 fully saturated rings. The van der Waals surface area contributed by atoms with Gasteiger partial charge in [0.25, 0.3) is 0 Å². The summed E-state index contributed by atoms with van der Waals surface area (Å²) in [4.78, 5) is 21.4. The Kier molecular flexibility index (Phi) is 2.93. The van der Waals surface area contributed by atoms with E-state index in [0.717, 1.165) is 4.68 Å². The van der Waals surface area contributed by atoms with Crippen molar-refractivity contribution < 1.29 is 19.8 Å². The molecule has 7 heteroatoms. The second kappa shape index (κ2) is 3.99. The van der Waals surface area contributed by atoms with Gasteiger partial charge >= 0.3 is 11.9 Å². The van der Waals surface area contributed by atoms with E-state index in [0.29, 0.717) is 6.42 Å². The van der Waals surface area contributed by atoms with Gasteiger partial charge in [-0.15, -0.1) is 0 Å². The molecule has 0 spiro atoms. The van der Waals surface area contributed by atoms with Crippen molar-refractivity contribution in [2.45, 2.75) is 19.4 Å². The Hall–Kier alpha value is -2.05.